The Morgan fingerprint density at radius 1 is 1.24 bits per heavy atom. The Bertz CT molecular complexity index is 984. The quantitative estimate of drug-likeness (QED) is 0.682. The number of amides is 2. The van der Waals surface area contributed by atoms with Crippen molar-refractivity contribution in [1.82, 2.24) is 15.0 Å². The molecule has 2 amide bonds. The highest BCUT2D eigenvalue weighted by Gasteiger charge is 2.34. The van der Waals surface area contributed by atoms with Crippen molar-refractivity contribution in [2.45, 2.75) is 32.2 Å². The minimum atomic E-state index is -0.235. The third kappa shape index (κ3) is 3.94. The van der Waals surface area contributed by atoms with Gasteiger partial charge >= 0.3 is 6.03 Å². The number of rotatable bonds is 5. The van der Waals surface area contributed by atoms with E-state index in [1.807, 2.05) is 48.5 Å². The topological polar surface area (TPSA) is 80.5 Å². The van der Waals surface area contributed by atoms with Crippen LogP contribution in [-0.2, 0) is 6.42 Å². The van der Waals surface area contributed by atoms with Gasteiger partial charge in [0.15, 0.2) is 0 Å². The molecule has 1 unspecified atom stereocenters. The highest BCUT2D eigenvalue weighted by atomic mass is 16.5. The Balaban J connectivity index is 1.51. The first kappa shape index (κ1) is 19.0. The molecule has 1 saturated heterocycles. The van der Waals surface area contributed by atoms with Gasteiger partial charge in [-0.25, -0.2) is 4.79 Å². The maximum Gasteiger partial charge on any atom is 0.322 e. The zero-order chi connectivity index (χ0) is 20.2. The summed E-state index contributed by atoms with van der Waals surface area (Å²) in [6, 6.07) is 15.0. The van der Waals surface area contributed by atoms with Gasteiger partial charge in [0.05, 0.1) is 12.7 Å². The number of aryl methyl sites for hydroxylation is 1. The lowest BCUT2D eigenvalue weighted by molar-refractivity contribution is 0.193. The van der Waals surface area contributed by atoms with Crippen molar-refractivity contribution in [3.05, 3.63) is 60.0 Å². The molecule has 0 aliphatic carbocycles. The van der Waals surface area contributed by atoms with Gasteiger partial charge in [-0.15, -0.1) is 0 Å². The molecule has 150 valence electrons. The van der Waals surface area contributed by atoms with E-state index in [-0.39, 0.29) is 12.1 Å². The number of para-hydroxylation sites is 1. The van der Waals surface area contributed by atoms with Crippen LogP contribution in [0.2, 0.25) is 0 Å². The maximum absolute atomic E-state index is 12.8. The van der Waals surface area contributed by atoms with Crippen molar-refractivity contribution in [3.8, 4) is 17.1 Å². The molecule has 0 radical (unpaired) electrons. The number of nitrogens with one attached hydrogen (secondary N) is 1. The molecule has 0 spiro atoms. The molecule has 1 aliphatic heterocycles. The zero-order valence-corrected chi connectivity index (χ0v) is 16.6. The fourth-order valence-corrected chi connectivity index (χ4v) is 3.59. The molecule has 2 heterocycles. The molecular weight excluding hydrogens is 368 g/mol. The van der Waals surface area contributed by atoms with Gasteiger partial charge in [-0.1, -0.05) is 36.3 Å². The number of likely N-dealkylation sites (tertiary alicyclic amines) is 1. The summed E-state index contributed by atoms with van der Waals surface area (Å²) >= 11 is 0. The van der Waals surface area contributed by atoms with E-state index in [0.29, 0.717) is 24.0 Å². The second-order valence-corrected chi connectivity index (χ2v) is 6.99. The van der Waals surface area contributed by atoms with Crippen LogP contribution in [0.3, 0.4) is 0 Å². The summed E-state index contributed by atoms with van der Waals surface area (Å²) in [6.07, 6.45) is 2.64. The molecule has 29 heavy (non-hydrogen) atoms. The normalized spacial score (nSPS) is 16.1. The Kier molecular flexibility index (Phi) is 5.46. The third-order valence-corrected chi connectivity index (χ3v) is 5.20. The molecule has 4 rings (SSSR count). The molecule has 1 fully saturated rings. The summed E-state index contributed by atoms with van der Waals surface area (Å²) in [5.41, 5.74) is 2.77. The number of hydrogen-bond acceptors (Lipinski definition) is 5. The molecule has 1 N–H and O–H groups in total. The van der Waals surface area contributed by atoms with Crippen molar-refractivity contribution >= 4 is 11.7 Å². The van der Waals surface area contributed by atoms with E-state index >= 15 is 0 Å². The molecule has 7 nitrogen and oxygen atoms in total. The largest absolute Gasteiger partial charge is 0.496 e. The summed E-state index contributed by atoms with van der Waals surface area (Å²) in [5, 5.41) is 7.08. The highest BCUT2D eigenvalue weighted by Crippen LogP contribution is 2.34. The van der Waals surface area contributed by atoms with Crippen LogP contribution in [0.15, 0.2) is 53.1 Å². The van der Waals surface area contributed by atoms with E-state index in [2.05, 4.69) is 22.4 Å². The van der Waals surface area contributed by atoms with Crippen LogP contribution >= 0.6 is 0 Å². The minimum absolute atomic E-state index is 0.159. The first-order valence-electron chi connectivity index (χ1n) is 9.83. The van der Waals surface area contributed by atoms with E-state index in [4.69, 9.17) is 9.26 Å². The van der Waals surface area contributed by atoms with Gasteiger partial charge in [0.2, 0.25) is 11.7 Å². The van der Waals surface area contributed by atoms with Gasteiger partial charge in [0.25, 0.3) is 0 Å². The lowest BCUT2D eigenvalue weighted by atomic mass is 10.1. The fraction of sp³-hybridized carbons (Fsp3) is 0.318. The van der Waals surface area contributed by atoms with Crippen LogP contribution < -0.4 is 10.1 Å². The van der Waals surface area contributed by atoms with Crippen molar-refractivity contribution in [1.29, 1.82) is 0 Å². The Hall–Kier alpha value is -3.35. The smallest absolute Gasteiger partial charge is 0.322 e. The number of aromatic nitrogens is 2. The molecule has 1 atom stereocenters. The molecule has 2 aromatic carbocycles. The summed E-state index contributed by atoms with van der Waals surface area (Å²) in [5.74, 6) is 1.58. The van der Waals surface area contributed by atoms with E-state index < -0.39 is 0 Å². The zero-order valence-electron chi connectivity index (χ0n) is 16.6. The standard InChI is InChI=1S/C22H24N4O3/c1-3-15-10-12-16(13-11-15)23-22(27)26-14-6-8-18(26)21-24-20(25-29-21)17-7-4-5-9-19(17)28-2/h4-5,7,9-13,18H,3,6,8,14H2,1-2H3,(H,23,27). The first-order valence-corrected chi connectivity index (χ1v) is 9.83. The second-order valence-electron chi connectivity index (χ2n) is 6.99. The summed E-state index contributed by atoms with van der Waals surface area (Å²) in [6.45, 7) is 2.75. The van der Waals surface area contributed by atoms with Crippen LogP contribution in [-0.4, -0.2) is 34.7 Å². The molecule has 1 aromatic heterocycles. The summed E-state index contributed by atoms with van der Waals surface area (Å²) in [4.78, 5) is 19.1. The third-order valence-electron chi connectivity index (χ3n) is 5.20. The van der Waals surface area contributed by atoms with Crippen molar-refractivity contribution in [2.75, 3.05) is 19.0 Å². The van der Waals surface area contributed by atoms with Gasteiger partial charge in [0, 0.05) is 12.2 Å². The number of benzene rings is 2. The van der Waals surface area contributed by atoms with Crippen LogP contribution in [0.1, 0.15) is 37.3 Å². The lowest BCUT2D eigenvalue weighted by Crippen LogP contribution is -2.34. The molecule has 1 aliphatic rings. The number of urea groups is 1. The van der Waals surface area contributed by atoms with Crippen LogP contribution in [0.4, 0.5) is 10.5 Å². The van der Waals surface area contributed by atoms with Crippen LogP contribution in [0, 0.1) is 0 Å². The number of anilines is 1. The van der Waals surface area contributed by atoms with Crippen molar-refractivity contribution < 1.29 is 14.1 Å². The minimum Gasteiger partial charge on any atom is -0.496 e. The van der Waals surface area contributed by atoms with E-state index in [1.165, 1.54) is 5.56 Å². The number of carbonyl (C=O) groups is 1. The average molecular weight is 392 g/mol. The predicted octanol–water partition coefficient (Wildman–Crippen LogP) is 4.68. The van der Waals surface area contributed by atoms with Crippen LogP contribution in [0.25, 0.3) is 11.4 Å². The molecular formula is C22H24N4O3. The number of hydrogen-bond donors (Lipinski definition) is 1. The van der Waals surface area contributed by atoms with Crippen molar-refractivity contribution in [2.24, 2.45) is 0 Å². The second kappa shape index (κ2) is 8.34. The molecule has 0 bridgehead atoms. The fourth-order valence-electron chi connectivity index (χ4n) is 3.59. The average Bonchev–Trinajstić information content (AvgIpc) is 3.43. The predicted molar refractivity (Wildman–Crippen MR) is 110 cm³/mol. The van der Waals surface area contributed by atoms with Gasteiger partial charge < -0.3 is 19.5 Å². The molecule has 7 heteroatoms. The van der Waals surface area contributed by atoms with Gasteiger partial charge in [-0.2, -0.15) is 4.98 Å². The Labute approximate surface area is 169 Å². The van der Waals surface area contributed by atoms with E-state index in [1.54, 1.807) is 12.0 Å². The Morgan fingerprint density at radius 2 is 2.03 bits per heavy atom. The maximum atomic E-state index is 12.8. The van der Waals surface area contributed by atoms with E-state index in [9.17, 15) is 4.79 Å². The summed E-state index contributed by atoms with van der Waals surface area (Å²) < 4.78 is 10.9. The lowest BCUT2D eigenvalue weighted by Gasteiger charge is -2.22. The summed E-state index contributed by atoms with van der Waals surface area (Å²) in [7, 11) is 1.61. The number of ether oxygens (including phenoxy) is 1. The van der Waals surface area contributed by atoms with E-state index in [0.717, 1.165) is 30.5 Å². The first-order chi connectivity index (χ1) is 14.2. The molecule has 0 saturated carbocycles. The van der Waals surface area contributed by atoms with Gasteiger partial charge in [0.1, 0.15) is 11.8 Å². The van der Waals surface area contributed by atoms with Crippen molar-refractivity contribution in [3.63, 3.8) is 0 Å². The molecule has 3 aromatic rings. The number of carbonyl (C=O) groups excluding carboxylic acids is 1. The van der Waals surface area contributed by atoms with Gasteiger partial charge in [-0.05, 0) is 49.1 Å². The number of nitrogens with zero attached hydrogens (tertiary/aromatic N) is 3. The van der Waals surface area contributed by atoms with Crippen LogP contribution in [0.5, 0.6) is 5.75 Å². The SMILES string of the molecule is CCc1ccc(NC(=O)N2CCCC2c2nc(-c3ccccc3OC)no2)cc1. The highest BCUT2D eigenvalue weighted by molar-refractivity contribution is 5.89. The monoisotopic (exact) mass is 392 g/mol. The number of methoxy groups -OCH3 is 1. The van der Waals surface area contributed by atoms with Gasteiger partial charge in [-0.3, -0.25) is 0 Å². The Morgan fingerprint density at radius 3 is 2.79 bits per heavy atom.